The van der Waals surface area contributed by atoms with Gasteiger partial charge in [-0.25, -0.2) is 9.97 Å². The number of furan rings is 3. The van der Waals surface area contributed by atoms with Crippen molar-refractivity contribution in [1.29, 1.82) is 0 Å². The first-order valence-corrected chi connectivity index (χ1v) is 8.53. The molecule has 0 aliphatic heterocycles. The van der Waals surface area contributed by atoms with E-state index in [1.54, 1.807) is 12.5 Å². The molecule has 5 rings (SSSR count). The fourth-order valence-corrected chi connectivity index (χ4v) is 3.11. The van der Waals surface area contributed by atoms with E-state index in [0.717, 1.165) is 22.3 Å². The smallest absolute Gasteiger partial charge is 0.232 e. The predicted octanol–water partition coefficient (Wildman–Crippen LogP) is 5.35. The molecule has 6 nitrogen and oxygen atoms in total. The summed E-state index contributed by atoms with van der Waals surface area (Å²) in [5.41, 5.74) is 2.39. The van der Waals surface area contributed by atoms with Crippen LogP contribution in [-0.2, 0) is 6.54 Å². The van der Waals surface area contributed by atoms with Crippen molar-refractivity contribution in [2.75, 3.05) is 5.32 Å². The first-order chi connectivity index (χ1) is 13.4. The average molecular weight is 357 g/mol. The second-order valence-corrected chi connectivity index (χ2v) is 5.98. The molecular formula is C21H15N3O3. The van der Waals surface area contributed by atoms with Crippen LogP contribution >= 0.6 is 0 Å². The van der Waals surface area contributed by atoms with Crippen molar-refractivity contribution in [3.8, 4) is 22.6 Å². The lowest BCUT2D eigenvalue weighted by Crippen LogP contribution is -2.01. The van der Waals surface area contributed by atoms with Crippen molar-refractivity contribution in [1.82, 2.24) is 9.97 Å². The minimum absolute atomic E-state index is 0.497. The maximum absolute atomic E-state index is 6.07. The zero-order valence-electron chi connectivity index (χ0n) is 14.3. The third-order valence-corrected chi connectivity index (χ3v) is 4.31. The molecule has 0 atom stereocenters. The highest BCUT2D eigenvalue weighted by Crippen LogP contribution is 2.42. The molecule has 1 N–H and O–H groups in total. The third-order valence-electron chi connectivity index (χ3n) is 4.31. The predicted molar refractivity (Wildman–Crippen MR) is 101 cm³/mol. The van der Waals surface area contributed by atoms with Gasteiger partial charge in [0.15, 0.2) is 11.5 Å². The fraction of sp³-hybridized carbons (Fsp3) is 0.0476. The highest BCUT2D eigenvalue weighted by molar-refractivity contribution is 6.05. The van der Waals surface area contributed by atoms with Crippen molar-refractivity contribution >= 4 is 16.9 Å². The maximum Gasteiger partial charge on any atom is 0.232 e. The summed E-state index contributed by atoms with van der Waals surface area (Å²) in [5, 5.41) is 4.13. The van der Waals surface area contributed by atoms with E-state index in [2.05, 4.69) is 15.3 Å². The van der Waals surface area contributed by atoms with E-state index in [1.165, 1.54) is 6.33 Å². The minimum Gasteiger partial charge on any atom is -0.467 e. The molecule has 0 saturated carbocycles. The number of aromatic nitrogens is 2. The first-order valence-electron chi connectivity index (χ1n) is 8.53. The second-order valence-electron chi connectivity index (χ2n) is 5.98. The maximum atomic E-state index is 6.07. The second kappa shape index (κ2) is 6.49. The summed E-state index contributed by atoms with van der Waals surface area (Å²) in [6.07, 6.45) is 4.75. The monoisotopic (exact) mass is 357 g/mol. The number of anilines is 1. The molecule has 0 unspecified atom stereocenters. The molecule has 0 amide bonds. The van der Waals surface area contributed by atoms with Crippen LogP contribution in [0.5, 0.6) is 0 Å². The van der Waals surface area contributed by atoms with Gasteiger partial charge >= 0.3 is 0 Å². The third kappa shape index (κ3) is 2.77. The van der Waals surface area contributed by atoms with E-state index in [9.17, 15) is 0 Å². The lowest BCUT2D eigenvalue weighted by molar-refractivity contribution is 0.518. The normalized spacial score (nSPS) is 11.1. The molecule has 0 bridgehead atoms. The van der Waals surface area contributed by atoms with Crippen molar-refractivity contribution in [2.24, 2.45) is 0 Å². The highest BCUT2D eigenvalue weighted by atomic mass is 16.4. The summed E-state index contributed by atoms with van der Waals surface area (Å²) in [6.45, 7) is 0.509. The number of hydrogen-bond donors (Lipinski definition) is 1. The number of nitrogens with zero attached hydrogens (tertiary/aromatic N) is 2. The number of rotatable bonds is 5. The SMILES string of the molecule is c1ccc(-c2c(-c3ccco3)oc3ncnc(NCc4ccco4)c23)cc1. The van der Waals surface area contributed by atoms with Gasteiger partial charge in [-0.05, 0) is 29.8 Å². The van der Waals surface area contributed by atoms with Gasteiger partial charge in [0.1, 0.15) is 17.9 Å². The molecule has 132 valence electrons. The number of nitrogens with one attached hydrogen (secondary N) is 1. The summed E-state index contributed by atoms with van der Waals surface area (Å²) in [6, 6.07) is 17.5. The van der Waals surface area contributed by atoms with E-state index < -0.39 is 0 Å². The van der Waals surface area contributed by atoms with E-state index in [4.69, 9.17) is 13.3 Å². The van der Waals surface area contributed by atoms with Gasteiger partial charge < -0.3 is 18.6 Å². The van der Waals surface area contributed by atoms with Crippen LogP contribution in [0.1, 0.15) is 5.76 Å². The first kappa shape index (κ1) is 15.5. The zero-order chi connectivity index (χ0) is 18.1. The lowest BCUT2D eigenvalue weighted by atomic mass is 10.0. The molecule has 4 aromatic heterocycles. The molecule has 0 aliphatic rings. The van der Waals surface area contributed by atoms with Crippen molar-refractivity contribution in [3.63, 3.8) is 0 Å². The Morgan fingerprint density at radius 2 is 1.70 bits per heavy atom. The molecule has 27 heavy (non-hydrogen) atoms. The van der Waals surface area contributed by atoms with Crippen LogP contribution in [0.15, 0.2) is 86.7 Å². The highest BCUT2D eigenvalue weighted by Gasteiger charge is 2.23. The van der Waals surface area contributed by atoms with Crippen LogP contribution in [0.25, 0.3) is 33.7 Å². The van der Waals surface area contributed by atoms with Crippen molar-refractivity contribution < 1.29 is 13.3 Å². The van der Waals surface area contributed by atoms with Crippen LogP contribution < -0.4 is 5.32 Å². The summed E-state index contributed by atoms with van der Waals surface area (Å²) >= 11 is 0. The number of benzene rings is 1. The quantitative estimate of drug-likeness (QED) is 0.456. The molecule has 4 heterocycles. The minimum atomic E-state index is 0.497. The molecule has 0 radical (unpaired) electrons. The summed E-state index contributed by atoms with van der Waals surface area (Å²) < 4.78 is 17.1. The molecular weight excluding hydrogens is 342 g/mol. The fourth-order valence-electron chi connectivity index (χ4n) is 3.11. The van der Waals surface area contributed by atoms with Gasteiger partial charge in [0.05, 0.1) is 24.5 Å². The molecule has 1 aromatic carbocycles. The largest absolute Gasteiger partial charge is 0.467 e. The van der Waals surface area contributed by atoms with E-state index in [-0.39, 0.29) is 0 Å². The van der Waals surface area contributed by atoms with Gasteiger partial charge in [0.25, 0.3) is 0 Å². The molecule has 0 spiro atoms. The Hall–Kier alpha value is -3.80. The van der Waals surface area contributed by atoms with E-state index in [1.807, 2.05) is 54.6 Å². The summed E-state index contributed by atoms with van der Waals surface area (Å²) in [7, 11) is 0. The molecule has 0 saturated heterocycles. The van der Waals surface area contributed by atoms with Gasteiger partial charge in [-0.15, -0.1) is 0 Å². The standard InChI is InChI=1S/C21H15N3O3/c1-2-6-14(7-3-1)17-18-20(22-12-15-8-4-10-25-15)23-13-24-21(18)27-19(17)16-9-5-11-26-16/h1-11,13H,12H2,(H,22,23,24). The van der Waals surface area contributed by atoms with Crippen LogP contribution in [0.3, 0.4) is 0 Å². The van der Waals surface area contributed by atoms with Crippen molar-refractivity contribution in [2.45, 2.75) is 6.54 Å². The van der Waals surface area contributed by atoms with Crippen LogP contribution in [0, 0.1) is 0 Å². The van der Waals surface area contributed by atoms with Gasteiger partial charge in [-0.1, -0.05) is 30.3 Å². The Kier molecular flexibility index (Phi) is 3.72. The zero-order valence-corrected chi connectivity index (χ0v) is 14.3. The molecule has 0 fully saturated rings. The topological polar surface area (TPSA) is 77.2 Å². The van der Waals surface area contributed by atoms with Gasteiger partial charge in [0, 0.05) is 5.56 Å². The van der Waals surface area contributed by atoms with Crippen LogP contribution in [-0.4, -0.2) is 9.97 Å². The lowest BCUT2D eigenvalue weighted by Gasteiger charge is -2.07. The average Bonchev–Trinajstić information content (AvgIpc) is 3.47. The summed E-state index contributed by atoms with van der Waals surface area (Å²) in [5.74, 6) is 2.76. The van der Waals surface area contributed by atoms with E-state index in [0.29, 0.717) is 29.6 Å². The summed E-state index contributed by atoms with van der Waals surface area (Å²) in [4.78, 5) is 8.75. The molecule has 6 heteroatoms. The van der Waals surface area contributed by atoms with Gasteiger partial charge in [-0.3, -0.25) is 0 Å². The van der Waals surface area contributed by atoms with Crippen LogP contribution in [0.2, 0.25) is 0 Å². The van der Waals surface area contributed by atoms with Gasteiger partial charge in [-0.2, -0.15) is 0 Å². The van der Waals surface area contributed by atoms with Gasteiger partial charge in [0.2, 0.25) is 5.71 Å². The Morgan fingerprint density at radius 1 is 0.852 bits per heavy atom. The molecule has 0 aliphatic carbocycles. The Balaban J connectivity index is 1.70. The van der Waals surface area contributed by atoms with Crippen molar-refractivity contribution in [3.05, 3.63) is 79.2 Å². The Bertz CT molecular complexity index is 1160. The number of fused-ring (bicyclic) bond motifs is 1. The Morgan fingerprint density at radius 3 is 2.48 bits per heavy atom. The number of hydrogen-bond acceptors (Lipinski definition) is 6. The molecule has 5 aromatic rings. The Labute approximate surface area is 154 Å². The van der Waals surface area contributed by atoms with E-state index >= 15 is 0 Å². The van der Waals surface area contributed by atoms with Crippen LogP contribution in [0.4, 0.5) is 5.82 Å².